The molecular weight excluding hydrogens is 286 g/mol. The van der Waals surface area contributed by atoms with Crippen LogP contribution in [0.5, 0.6) is 0 Å². The van der Waals surface area contributed by atoms with E-state index in [2.05, 4.69) is 5.32 Å². The van der Waals surface area contributed by atoms with Crippen molar-refractivity contribution in [3.63, 3.8) is 0 Å². The Bertz CT molecular complexity index is 701. The van der Waals surface area contributed by atoms with E-state index in [0.29, 0.717) is 11.4 Å². The van der Waals surface area contributed by atoms with Crippen LogP contribution in [0.15, 0.2) is 53.4 Å². The van der Waals surface area contributed by atoms with Gasteiger partial charge in [0.2, 0.25) is 9.84 Å². The van der Waals surface area contributed by atoms with Crippen LogP contribution in [0.3, 0.4) is 0 Å². The minimum absolute atomic E-state index is 0.0950. The average Bonchev–Trinajstić information content (AvgIpc) is 2.41. The van der Waals surface area contributed by atoms with E-state index in [-0.39, 0.29) is 5.69 Å². The molecule has 20 heavy (non-hydrogen) atoms. The van der Waals surface area contributed by atoms with Crippen molar-refractivity contribution in [3.05, 3.63) is 48.5 Å². The zero-order valence-corrected chi connectivity index (χ0v) is 11.1. The van der Waals surface area contributed by atoms with Gasteiger partial charge in [0.05, 0.1) is 10.6 Å². The van der Waals surface area contributed by atoms with Gasteiger partial charge in [0.25, 0.3) is 0 Å². The number of hydrogen-bond donors (Lipinski definition) is 2. The molecule has 0 aliphatic rings. The fraction of sp³-hybridized carbons (Fsp3) is 0.0769. The number of halogens is 2. The van der Waals surface area contributed by atoms with Crippen molar-refractivity contribution in [2.75, 3.05) is 11.1 Å². The number of nitrogens with one attached hydrogen (secondary N) is 1. The largest absolute Gasteiger partial charge is 0.399 e. The van der Waals surface area contributed by atoms with Crippen LogP contribution >= 0.6 is 0 Å². The third kappa shape index (κ3) is 2.88. The normalized spacial score (nSPS) is 11.6. The zero-order chi connectivity index (χ0) is 14.8. The van der Waals surface area contributed by atoms with Crippen molar-refractivity contribution in [1.82, 2.24) is 0 Å². The molecule has 2 rings (SSSR count). The molecule has 0 heterocycles. The van der Waals surface area contributed by atoms with E-state index in [1.165, 1.54) is 12.1 Å². The van der Waals surface area contributed by atoms with Crippen LogP contribution in [0.4, 0.5) is 25.8 Å². The minimum atomic E-state index is -4.66. The molecule has 0 aliphatic carbocycles. The molecule has 4 nitrogen and oxygen atoms in total. The first-order valence-corrected chi connectivity index (χ1v) is 7.19. The van der Waals surface area contributed by atoms with Gasteiger partial charge in [-0.05, 0) is 36.4 Å². The van der Waals surface area contributed by atoms with Gasteiger partial charge in [0, 0.05) is 11.4 Å². The number of anilines is 3. The summed E-state index contributed by atoms with van der Waals surface area (Å²) in [4.78, 5) is -0.438. The maximum atomic E-state index is 12.6. The molecule has 0 amide bonds. The first-order valence-electron chi connectivity index (χ1n) is 5.65. The molecule has 0 spiro atoms. The van der Waals surface area contributed by atoms with Gasteiger partial charge in [-0.25, -0.2) is 8.42 Å². The summed E-state index contributed by atoms with van der Waals surface area (Å²) in [5.74, 6) is -3.46. The lowest BCUT2D eigenvalue weighted by Gasteiger charge is -2.12. The number of para-hydroxylation sites is 1. The van der Waals surface area contributed by atoms with E-state index in [9.17, 15) is 17.2 Å². The predicted octanol–water partition coefficient (Wildman–Crippen LogP) is 3.01. The molecule has 0 saturated heterocycles. The van der Waals surface area contributed by atoms with Crippen LogP contribution in [-0.4, -0.2) is 14.2 Å². The van der Waals surface area contributed by atoms with Gasteiger partial charge < -0.3 is 11.1 Å². The van der Waals surface area contributed by atoms with Crippen molar-refractivity contribution in [2.45, 2.75) is 10.7 Å². The number of rotatable bonds is 4. The molecule has 106 valence electrons. The zero-order valence-electron chi connectivity index (χ0n) is 10.3. The first-order chi connectivity index (χ1) is 9.41. The number of benzene rings is 2. The van der Waals surface area contributed by atoms with Gasteiger partial charge in [0.1, 0.15) is 0 Å². The lowest BCUT2D eigenvalue weighted by atomic mass is 10.2. The summed E-state index contributed by atoms with van der Waals surface area (Å²) in [6.45, 7) is 0. The van der Waals surface area contributed by atoms with Crippen LogP contribution in [0, 0.1) is 0 Å². The molecule has 7 heteroatoms. The lowest BCUT2D eigenvalue weighted by Crippen LogP contribution is -2.13. The number of hydrogen-bond acceptors (Lipinski definition) is 4. The lowest BCUT2D eigenvalue weighted by molar-refractivity contribution is 0.235. The molecule has 3 N–H and O–H groups in total. The summed E-state index contributed by atoms with van der Waals surface area (Å²) < 4.78 is 48.4. The Hall–Kier alpha value is -2.15. The van der Waals surface area contributed by atoms with Crippen LogP contribution < -0.4 is 11.1 Å². The highest BCUT2D eigenvalue weighted by molar-refractivity contribution is 7.91. The Morgan fingerprint density at radius 1 is 1.00 bits per heavy atom. The number of nitrogens with two attached hydrogens (primary N) is 1. The average molecular weight is 298 g/mol. The van der Waals surface area contributed by atoms with E-state index in [1.807, 2.05) is 0 Å². The number of sulfone groups is 1. The molecule has 0 bridgehead atoms. The van der Waals surface area contributed by atoms with E-state index in [0.717, 1.165) is 6.07 Å². The fourth-order valence-corrected chi connectivity index (χ4v) is 2.52. The molecular formula is C13H12F2N2O2S. The highest BCUT2D eigenvalue weighted by atomic mass is 32.2. The second-order valence-corrected chi connectivity index (χ2v) is 5.94. The summed E-state index contributed by atoms with van der Waals surface area (Å²) in [6.07, 6.45) is 0. The van der Waals surface area contributed by atoms with Crippen molar-refractivity contribution in [3.8, 4) is 0 Å². The van der Waals surface area contributed by atoms with Gasteiger partial charge in [0.15, 0.2) is 0 Å². The predicted molar refractivity (Wildman–Crippen MR) is 73.8 cm³/mol. The Labute approximate surface area is 115 Å². The Morgan fingerprint density at radius 2 is 1.60 bits per heavy atom. The third-order valence-electron chi connectivity index (χ3n) is 2.62. The standard InChI is InChI=1S/C13H12F2N2O2S/c14-13(15)20(18,19)12-4-2-1-3-11(12)17-10-7-5-9(16)6-8-10/h1-8,13,17H,16H2. The molecule has 0 atom stereocenters. The highest BCUT2D eigenvalue weighted by Crippen LogP contribution is 2.28. The van der Waals surface area contributed by atoms with Gasteiger partial charge in [-0.2, -0.15) is 8.78 Å². The number of alkyl halides is 2. The smallest absolute Gasteiger partial charge is 0.341 e. The van der Waals surface area contributed by atoms with Gasteiger partial charge in [-0.3, -0.25) is 0 Å². The topological polar surface area (TPSA) is 72.2 Å². The number of nitrogen functional groups attached to an aromatic ring is 1. The first kappa shape index (κ1) is 14.3. The monoisotopic (exact) mass is 298 g/mol. The summed E-state index contributed by atoms with van der Waals surface area (Å²) in [5.41, 5.74) is 6.73. The molecule has 0 aliphatic heterocycles. The molecule has 0 unspecified atom stereocenters. The minimum Gasteiger partial charge on any atom is -0.399 e. The summed E-state index contributed by atoms with van der Waals surface area (Å²) in [7, 11) is -4.66. The van der Waals surface area contributed by atoms with Gasteiger partial charge in [-0.1, -0.05) is 12.1 Å². The van der Waals surface area contributed by atoms with Gasteiger partial charge >= 0.3 is 5.76 Å². The second-order valence-electron chi connectivity index (χ2n) is 4.05. The molecule has 0 aromatic heterocycles. The van der Waals surface area contributed by atoms with Crippen molar-refractivity contribution < 1.29 is 17.2 Å². The molecule has 0 fully saturated rings. The second kappa shape index (κ2) is 5.46. The van der Waals surface area contributed by atoms with Crippen LogP contribution in [-0.2, 0) is 9.84 Å². The summed E-state index contributed by atoms with van der Waals surface area (Å²) >= 11 is 0. The molecule has 2 aromatic rings. The van der Waals surface area contributed by atoms with Crippen molar-refractivity contribution in [2.24, 2.45) is 0 Å². The Morgan fingerprint density at radius 3 is 2.20 bits per heavy atom. The molecule has 0 saturated carbocycles. The fourth-order valence-electron chi connectivity index (χ4n) is 1.64. The summed E-state index contributed by atoms with van der Waals surface area (Å²) in [5, 5.41) is 2.79. The van der Waals surface area contributed by atoms with Crippen LogP contribution in [0.2, 0.25) is 0 Å². The molecule has 2 aromatic carbocycles. The quantitative estimate of drug-likeness (QED) is 0.851. The Balaban J connectivity index is 2.41. The Kier molecular flexibility index (Phi) is 3.89. The SMILES string of the molecule is Nc1ccc(Nc2ccccc2S(=O)(=O)C(F)F)cc1. The van der Waals surface area contributed by atoms with Crippen LogP contribution in [0.25, 0.3) is 0 Å². The van der Waals surface area contributed by atoms with E-state index >= 15 is 0 Å². The highest BCUT2D eigenvalue weighted by Gasteiger charge is 2.28. The summed E-state index contributed by atoms with van der Waals surface area (Å²) in [6, 6.07) is 12.0. The maximum Gasteiger partial charge on any atom is 0.341 e. The van der Waals surface area contributed by atoms with E-state index < -0.39 is 20.5 Å². The van der Waals surface area contributed by atoms with Crippen LogP contribution in [0.1, 0.15) is 0 Å². The third-order valence-corrected chi connectivity index (χ3v) is 4.06. The maximum absolute atomic E-state index is 12.6. The van der Waals surface area contributed by atoms with Gasteiger partial charge in [-0.15, -0.1) is 0 Å². The van der Waals surface area contributed by atoms with Crippen molar-refractivity contribution in [1.29, 1.82) is 0 Å². The molecule has 0 radical (unpaired) electrons. The van der Waals surface area contributed by atoms with E-state index in [1.54, 1.807) is 30.3 Å². The van der Waals surface area contributed by atoms with E-state index in [4.69, 9.17) is 5.73 Å². The van der Waals surface area contributed by atoms with Crippen molar-refractivity contribution >= 4 is 26.9 Å².